The number of hydrogen-bond donors (Lipinski definition) is 3. The van der Waals surface area contributed by atoms with Crippen LogP contribution in [0.25, 0.3) is 10.2 Å². The summed E-state index contributed by atoms with van der Waals surface area (Å²) in [7, 11) is 0. The Kier molecular flexibility index (Phi) is 6.84. The van der Waals surface area contributed by atoms with Crippen LogP contribution in [0, 0.1) is 13.8 Å². The molecule has 0 saturated carbocycles. The van der Waals surface area contributed by atoms with E-state index in [0.29, 0.717) is 38.2 Å². The zero-order valence-corrected chi connectivity index (χ0v) is 19.3. The molecule has 3 aromatic rings. The molecule has 30 heavy (non-hydrogen) atoms. The number of hydrogen-bond acceptors (Lipinski definition) is 6. The minimum Gasteiger partial charge on any atom is -0.326 e. The average Bonchev–Trinajstić information content (AvgIpc) is 2.95. The highest BCUT2D eigenvalue weighted by molar-refractivity contribution is 7.99. The van der Waals surface area contributed by atoms with Crippen molar-refractivity contribution in [3.05, 3.63) is 49.8 Å². The molecule has 2 aromatic heterocycles. The number of thioether (sulfide) groups is 1. The highest BCUT2D eigenvalue weighted by Gasteiger charge is 2.17. The van der Waals surface area contributed by atoms with E-state index in [9.17, 15) is 14.4 Å². The van der Waals surface area contributed by atoms with Crippen molar-refractivity contribution in [2.45, 2.75) is 38.7 Å². The normalized spacial score (nSPS) is 12.0. The minimum atomic E-state index is -0.399. The molecule has 0 fully saturated rings. The number of halogens is 1. The third kappa shape index (κ3) is 5.03. The van der Waals surface area contributed by atoms with Gasteiger partial charge in [0.05, 0.1) is 27.1 Å². The van der Waals surface area contributed by atoms with Crippen LogP contribution in [-0.4, -0.2) is 27.0 Å². The first-order valence-corrected chi connectivity index (χ1v) is 11.4. The number of rotatable bonds is 6. The van der Waals surface area contributed by atoms with Gasteiger partial charge in [0, 0.05) is 17.5 Å². The summed E-state index contributed by atoms with van der Waals surface area (Å²) in [5.74, 6) is 0.507. The fourth-order valence-corrected chi connectivity index (χ4v) is 4.81. The number of aryl methyl sites for hydroxylation is 2. The summed E-state index contributed by atoms with van der Waals surface area (Å²) >= 11 is 9.06. The van der Waals surface area contributed by atoms with Crippen LogP contribution in [0.3, 0.4) is 0 Å². The van der Waals surface area contributed by atoms with Gasteiger partial charge in [-0.05, 0) is 44.5 Å². The minimum absolute atomic E-state index is 0.152. The molecule has 3 N–H and O–H groups in total. The Morgan fingerprint density at radius 2 is 2.03 bits per heavy atom. The molecule has 158 valence electrons. The number of nitrogens with one attached hydrogen (secondary N) is 3. The molecule has 1 atom stereocenters. The Bertz CT molecular complexity index is 1190. The van der Waals surface area contributed by atoms with Crippen molar-refractivity contribution in [1.29, 1.82) is 0 Å². The standard InChI is InChI=1S/C20H21ClN4O3S2/c1-9-10(2)30-20-17(9)19(28)24-16(25-20)8-29-11(3)18(27)23-15-6-5-13(7-14(15)21)22-12(4)26/h5-7,11H,8H2,1-4H3,(H,22,26)(H,23,27)(H,24,25,28). The number of amides is 2. The van der Waals surface area contributed by atoms with Gasteiger partial charge in [0.1, 0.15) is 10.7 Å². The van der Waals surface area contributed by atoms with E-state index in [4.69, 9.17) is 11.6 Å². The van der Waals surface area contributed by atoms with Crippen LogP contribution in [0.15, 0.2) is 23.0 Å². The molecular formula is C20H21ClN4O3S2. The van der Waals surface area contributed by atoms with Crippen LogP contribution in [0.4, 0.5) is 11.4 Å². The second-order valence-electron chi connectivity index (χ2n) is 6.79. The van der Waals surface area contributed by atoms with E-state index in [0.717, 1.165) is 10.4 Å². The third-order valence-electron chi connectivity index (χ3n) is 4.47. The molecule has 10 heteroatoms. The Labute approximate surface area is 186 Å². The van der Waals surface area contributed by atoms with Gasteiger partial charge in [0.25, 0.3) is 5.56 Å². The SMILES string of the molecule is CC(=O)Nc1ccc(NC(=O)C(C)SCc2nc3sc(C)c(C)c3c(=O)[nH]2)c(Cl)c1. The predicted molar refractivity (Wildman–Crippen MR) is 125 cm³/mol. The molecule has 2 heterocycles. The van der Waals surface area contributed by atoms with Gasteiger partial charge in [-0.1, -0.05) is 11.6 Å². The molecule has 1 unspecified atom stereocenters. The van der Waals surface area contributed by atoms with Crippen molar-refractivity contribution in [2.75, 3.05) is 10.6 Å². The maximum absolute atomic E-state index is 12.5. The summed E-state index contributed by atoms with van der Waals surface area (Å²) in [5, 5.41) is 5.98. The van der Waals surface area contributed by atoms with E-state index in [1.807, 2.05) is 13.8 Å². The lowest BCUT2D eigenvalue weighted by molar-refractivity contribution is -0.115. The van der Waals surface area contributed by atoms with Crippen molar-refractivity contribution in [2.24, 2.45) is 0 Å². The summed E-state index contributed by atoms with van der Waals surface area (Å²) in [6, 6.07) is 4.87. The smallest absolute Gasteiger partial charge is 0.259 e. The molecule has 0 saturated heterocycles. The van der Waals surface area contributed by atoms with E-state index >= 15 is 0 Å². The zero-order valence-electron chi connectivity index (χ0n) is 16.9. The first kappa shape index (κ1) is 22.3. The van der Waals surface area contributed by atoms with Crippen molar-refractivity contribution in [1.82, 2.24) is 9.97 Å². The van der Waals surface area contributed by atoms with Crippen molar-refractivity contribution >= 4 is 68.1 Å². The maximum atomic E-state index is 12.5. The van der Waals surface area contributed by atoms with E-state index in [-0.39, 0.29) is 17.4 Å². The summed E-state index contributed by atoms with van der Waals surface area (Å²) in [4.78, 5) is 45.1. The number of thiophene rings is 1. The number of nitrogens with zero attached hydrogens (tertiary/aromatic N) is 1. The van der Waals surface area contributed by atoms with Gasteiger partial charge in [-0.2, -0.15) is 0 Å². The van der Waals surface area contributed by atoms with Gasteiger partial charge in [0.2, 0.25) is 11.8 Å². The molecule has 7 nitrogen and oxygen atoms in total. The second kappa shape index (κ2) is 9.20. The lowest BCUT2D eigenvalue weighted by Crippen LogP contribution is -2.23. The monoisotopic (exact) mass is 464 g/mol. The summed E-state index contributed by atoms with van der Waals surface area (Å²) < 4.78 is 0. The van der Waals surface area contributed by atoms with Gasteiger partial charge in [-0.15, -0.1) is 23.1 Å². The number of aromatic nitrogens is 2. The highest BCUT2D eigenvalue weighted by atomic mass is 35.5. The summed E-state index contributed by atoms with van der Waals surface area (Å²) in [6.07, 6.45) is 0. The molecule has 0 aliphatic carbocycles. The average molecular weight is 465 g/mol. The maximum Gasteiger partial charge on any atom is 0.259 e. The van der Waals surface area contributed by atoms with Crippen LogP contribution in [-0.2, 0) is 15.3 Å². The highest BCUT2D eigenvalue weighted by Crippen LogP contribution is 2.28. The number of fused-ring (bicyclic) bond motifs is 1. The summed E-state index contributed by atoms with van der Waals surface area (Å²) in [5.41, 5.74) is 1.82. The van der Waals surface area contributed by atoms with Crippen molar-refractivity contribution in [3.8, 4) is 0 Å². The van der Waals surface area contributed by atoms with Crippen LogP contribution >= 0.6 is 34.7 Å². The van der Waals surface area contributed by atoms with Crippen LogP contribution in [0.1, 0.15) is 30.1 Å². The number of anilines is 2. The number of aromatic amines is 1. The van der Waals surface area contributed by atoms with Crippen LogP contribution < -0.4 is 16.2 Å². The van der Waals surface area contributed by atoms with Gasteiger partial charge in [-0.3, -0.25) is 14.4 Å². The van der Waals surface area contributed by atoms with Crippen molar-refractivity contribution in [3.63, 3.8) is 0 Å². The predicted octanol–water partition coefficient (Wildman–Crippen LogP) is 4.47. The largest absolute Gasteiger partial charge is 0.326 e. The Morgan fingerprint density at radius 3 is 2.70 bits per heavy atom. The van der Waals surface area contributed by atoms with Gasteiger partial charge < -0.3 is 15.6 Å². The number of benzene rings is 1. The number of carbonyl (C=O) groups excluding carboxylic acids is 2. The molecule has 3 rings (SSSR count). The molecular weight excluding hydrogens is 444 g/mol. The van der Waals surface area contributed by atoms with Gasteiger partial charge in [0.15, 0.2) is 0 Å². The molecule has 2 amide bonds. The molecule has 0 radical (unpaired) electrons. The van der Waals surface area contributed by atoms with E-state index in [2.05, 4.69) is 20.6 Å². The molecule has 0 spiro atoms. The van der Waals surface area contributed by atoms with Crippen molar-refractivity contribution < 1.29 is 9.59 Å². The quantitative estimate of drug-likeness (QED) is 0.499. The van der Waals surface area contributed by atoms with E-state index < -0.39 is 5.25 Å². The fraction of sp³-hybridized carbons (Fsp3) is 0.300. The lowest BCUT2D eigenvalue weighted by Gasteiger charge is -2.13. The molecule has 0 aliphatic heterocycles. The summed E-state index contributed by atoms with van der Waals surface area (Å²) in [6.45, 7) is 7.06. The van der Waals surface area contributed by atoms with E-state index in [1.54, 1.807) is 25.1 Å². The Hall–Kier alpha value is -2.36. The zero-order chi connectivity index (χ0) is 22.0. The molecule has 0 bridgehead atoms. The first-order chi connectivity index (χ1) is 14.2. The van der Waals surface area contributed by atoms with Crippen LogP contribution in [0.5, 0.6) is 0 Å². The number of carbonyl (C=O) groups is 2. The van der Waals surface area contributed by atoms with E-state index in [1.165, 1.54) is 30.0 Å². The molecule has 1 aromatic carbocycles. The van der Waals surface area contributed by atoms with Gasteiger partial charge in [-0.25, -0.2) is 4.98 Å². The lowest BCUT2D eigenvalue weighted by atomic mass is 10.2. The Balaban J connectivity index is 1.64. The topological polar surface area (TPSA) is 104 Å². The molecule has 0 aliphatic rings. The second-order valence-corrected chi connectivity index (χ2v) is 9.73. The number of H-pyrrole nitrogens is 1. The fourth-order valence-electron chi connectivity index (χ4n) is 2.78. The van der Waals surface area contributed by atoms with Gasteiger partial charge >= 0.3 is 0 Å². The first-order valence-electron chi connectivity index (χ1n) is 9.14. The Morgan fingerprint density at radius 1 is 1.30 bits per heavy atom. The van der Waals surface area contributed by atoms with Crippen LogP contribution in [0.2, 0.25) is 5.02 Å². The third-order valence-corrected chi connectivity index (χ3v) is 7.04.